The standard InChI is InChI=1S/C12H16F2N2O/c1-17-11-3-2-9(6-10(11)15)7-16-5-4-12(13,14)8-16/h2-3,6H,4-5,7-8,15H2,1H3. The first-order valence-electron chi connectivity index (χ1n) is 5.53. The molecule has 1 aliphatic rings. The number of nitrogens with two attached hydrogens (primary N) is 1. The van der Waals surface area contributed by atoms with Gasteiger partial charge in [-0.15, -0.1) is 0 Å². The molecule has 0 bridgehead atoms. The molecule has 0 spiro atoms. The van der Waals surface area contributed by atoms with Gasteiger partial charge in [-0.1, -0.05) is 6.07 Å². The Balaban J connectivity index is 2.02. The van der Waals surface area contributed by atoms with Crippen molar-refractivity contribution in [1.82, 2.24) is 4.90 Å². The van der Waals surface area contributed by atoms with Crippen LogP contribution in [0, 0.1) is 0 Å². The fourth-order valence-electron chi connectivity index (χ4n) is 2.08. The Kier molecular flexibility index (Phi) is 3.19. The van der Waals surface area contributed by atoms with E-state index in [0.29, 0.717) is 24.5 Å². The minimum atomic E-state index is -2.54. The van der Waals surface area contributed by atoms with Crippen LogP contribution in [0.2, 0.25) is 0 Å². The van der Waals surface area contributed by atoms with Crippen molar-refractivity contribution in [2.75, 3.05) is 25.9 Å². The Labute approximate surface area is 99.2 Å². The molecule has 17 heavy (non-hydrogen) atoms. The molecule has 3 nitrogen and oxygen atoms in total. The van der Waals surface area contributed by atoms with Crippen LogP contribution in [-0.2, 0) is 6.54 Å². The van der Waals surface area contributed by atoms with Crippen LogP contribution in [0.25, 0.3) is 0 Å². The lowest BCUT2D eigenvalue weighted by Gasteiger charge is -2.16. The monoisotopic (exact) mass is 242 g/mol. The average Bonchev–Trinajstić information content (AvgIpc) is 2.58. The Morgan fingerprint density at radius 3 is 2.76 bits per heavy atom. The van der Waals surface area contributed by atoms with Gasteiger partial charge in [-0.05, 0) is 17.7 Å². The second-order valence-corrected chi connectivity index (χ2v) is 4.39. The minimum absolute atomic E-state index is 0.0569. The average molecular weight is 242 g/mol. The molecule has 1 aromatic rings. The molecule has 1 aromatic carbocycles. The van der Waals surface area contributed by atoms with Crippen molar-refractivity contribution in [1.29, 1.82) is 0 Å². The summed E-state index contributed by atoms with van der Waals surface area (Å²) >= 11 is 0. The van der Waals surface area contributed by atoms with Gasteiger partial charge in [0.15, 0.2) is 0 Å². The molecule has 5 heteroatoms. The number of methoxy groups -OCH3 is 1. The van der Waals surface area contributed by atoms with Crippen LogP contribution in [0.15, 0.2) is 18.2 Å². The van der Waals surface area contributed by atoms with Gasteiger partial charge in [0, 0.05) is 19.5 Å². The van der Waals surface area contributed by atoms with Gasteiger partial charge >= 0.3 is 0 Å². The topological polar surface area (TPSA) is 38.5 Å². The zero-order valence-corrected chi connectivity index (χ0v) is 9.75. The normalized spacial score (nSPS) is 19.5. The Hall–Kier alpha value is -1.36. The Morgan fingerprint density at radius 1 is 1.47 bits per heavy atom. The van der Waals surface area contributed by atoms with E-state index in [1.807, 2.05) is 6.07 Å². The third-order valence-corrected chi connectivity index (χ3v) is 2.95. The first-order chi connectivity index (χ1) is 8.00. The van der Waals surface area contributed by atoms with Crippen LogP contribution in [0.1, 0.15) is 12.0 Å². The van der Waals surface area contributed by atoms with Gasteiger partial charge < -0.3 is 10.5 Å². The van der Waals surface area contributed by atoms with Crippen LogP contribution < -0.4 is 10.5 Å². The van der Waals surface area contributed by atoms with Crippen molar-refractivity contribution in [3.63, 3.8) is 0 Å². The van der Waals surface area contributed by atoms with Crippen molar-refractivity contribution in [3.05, 3.63) is 23.8 Å². The summed E-state index contributed by atoms with van der Waals surface area (Å²) in [4.78, 5) is 1.74. The maximum absolute atomic E-state index is 13.0. The van der Waals surface area contributed by atoms with E-state index >= 15 is 0 Å². The third-order valence-electron chi connectivity index (χ3n) is 2.95. The lowest BCUT2D eigenvalue weighted by Crippen LogP contribution is -2.24. The molecule has 2 rings (SSSR count). The number of ether oxygens (including phenoxy) is 1. The highest BCUT2D eigenvalue weighted by Gasteiger charge is 2.37. The first kappa shape index (κ1) is 12.1. The van der Waals surface area contributed by atoms with Gasteiger partial charge in [-0.25, -0.2) is 8.78 Å². The van der Waals surface area contributed by atoms with Crippen LogP contribution in [0.5, 0.6) is 5.75 Å². The maximum atomic E-state index is 13.0. The van der Waals surface area contributed by atoms with Gasteiger partial charge in [-0.3, -0.25) is 4.90 Å². The highest BCUT2D eigenvalue weighted by molar-refractivity contribution is 5.54. The number of nitrogens with zero attached hydrogens (tertiary/aromatic N) is 1. The SMILES string of the molecule is COc1ccc(CN2CCC(F)(F)C2)cc1N. The number of rotatable bonds is 3. The van der Waals surface area contributed by atoms with Gasteiger partial charge in [-0.2, -0.15) is 0 Å². The molecule has 94 valence electrons. The van der Waals surface area contributed by atoms with Crippen LogP contribution in [0.3, 0.4) is 0 Å². The molecule has 1 aliphatic heterocycles. The molecule has 1 fully saturated rings. The van der Waals surface area contributed by atoms with Gasteiger partial charge in [0.25, 0.3) is 5.92 Å². The maximum Gasteiger partial charge on any atom is 0.261 e. The van der Waals surface area contributed by atoms with E-state index in [1.54, 1.807) is 24.1 Å². The molecule has 0 atom stereocenters. The van der Waals surface area contributed by atoms with Gasteiger partial charge in [0.05, 0.1) is 19.3 Å². The van der Waals surface area contributed by atoms with E-state index in [2.05, 4.69) is 0 Å². The predicted octanol–water partition coefficient (Wildman–Crippen LogP) is 2.12. The fourth-order valence-corrected chi connectivity index (χ4v) is 2.08. The van der Waals surface area contributed by atoms with E-state index in [9.17, 15) is 8.78 Å². The molecule has 0 saturated carbocycles. The van der Waals surface area contributed by atoms with Crippen LogP contribution in [-0.4, -0.2) is 31.0 Å². The zero-order valence-electron chi connectivity index (χ0n) is 9.75. The number of benzene rings is 1. The number of hydrogen-bond donors (Lipinski definition) is 1. The second-order valence-electron chi connectivity index (χ2n) is 4.39. The van der Waals surface area contributed by atoms with Crippen molar-refractivity contribution < 1.29 is 13.5 Å². The summed E-state index contributed by atoms with van der Waals surface area (Å²) in [5, 5.41) is 0. The van der Waals surface area contributed by atoms with E-state index in [-0.39, 0.29) is 13.0 Å². The number of likely N-dealkylation sites (tertiary alicyclic amines) is 1. The van der Waals surface area contributed by atoms with E-state index < -0.39 is 5.92 Å². The number of anilines is 1. The fraction of sp³-hybridized carbons (Fsp3) is 0.500. The molecule has 2 N–H and O–H groups in total. The van der Waals surface area contributed by atoms with Gasteiger partial charge in [0.2, 0.25) is 0 Å². The van der Waals surface area contributed by atoms with Crippen molar-refractivity contribution >= 4 is 5.69 Å². The first-order valence-corrected chi connectivity index (χ1v) is 5.53. The zero-order chi connectivity index (χ0) is 12.5. The van der Waals surface area contributed by atoms with E-state index in [4.69, 9.17) is 10.5 Å². The largest absolute Gasteiger partial charge is 0.495 e. The number of nitrogen functional groups attached to an aromatic ring is 1. The molecule has 0 aromatic heterocycles. The summed E-state index contributed by atoms with van der Waals surface area (Å²) in [6.07, 6.45) is -0.0569. The van der Waals surface area contributed by atoms with Gasteiger partial charge in [0.1, 0.15) is 5.75 Å². The molecule has 0 aliphatic carbocycles. The molecule has 0 radical (unpaired) electrons. The highest BCUT2D eigenvalue weighted by atomic mass is 19.3. The molecule has 0 amide bonds. The summed E-state index contributed by atoms with van der Waals surface area (Å²) in [6, 6.07) is 5.39. The summed E-state index contributed by atoms with van der Waals surface area (Å²) in [6.45, 7) is 0.766. The van der Waals surface area contributed by atoms with E-state index in [1.165, 1.54) is 0 Å². The number of alkyl halides is 2. The van der Waals surface area contributed by atoms with E-state index in [0.717, 1.165) is 5.56 Å². The summed E-state index contributed by atoms with van der Waals surface area (Å²) < 4.78 is 31.1. The lowest BCUT2D eigenvalue weighted by molar-refractivity contribution is 0.0115. The third kappa shape index (κ3) is 2.85. The van der Waals surface area contributed by atoms with Crippen molar-refractivity contribution in [3.8, 4) is 5.75 Å². The molecule has 1 heterocycles. The molecular formula is C12H16F2N2O. The lowest BCUT2D eigenvalue weighted by atomic mass is 10.2. The van der Waals surface area contributed by atoms with Crippen LogP contribution >= 0.6 is 0 Å². The van der Waals surface area contributed by atoms with Crippen molar-refractivity contribution in [2.45, 2.75) is 18.9 Å². The predicted molar refractivity (Wildman–Crippen MR) is 62.2 cm³/mol. The van der Waals surface area contributed by atoms with Crippen LogP contribution in [0.4, 0.5) is 14.5 Å². The Morgan fingerprint density at radius 2 is 2.24 bits per heavy atom. The highest BCUT2D eigenvalue weighted by Crippen LogP contribution is 2.29. The Bertz CT molecular complexity index is 409. The quantitative estimate of drug-likeness (QED) is 0.825. The molecule has 1 saturated heterocycles. The minimum Gasteiger partial charge on any atom is -0.495 e. The smallest absolute Gasteiger partial charge is 0.261 e. The molecular weight excluding hydrogens is 226 g/mol. The summed E-state index contributed by atoms with van der Waals surface area (Å²) in [5.74, 6) is -1.93. The summed E-state index contributed by atoms with van der Waals surface area (Å²) in [7, 11) is 1.55. The number of halogens is 2. The summed E-state index contributed by atoms with van der Waals surface area (Å²) in [5.41, 5.74) is 7.24. The number of hydrogen-bond acceptors (Lipinski definition) is 3. The van der Waals surface area contributed by atoms with Crippen molar-refractivity contribution in [2.24, 2.45) is 0 Å². The molecule has 0 unspecified atom stereocenters. The second kappa shape index (κ2) is 4.49.